The second-order valence-corrected chi connectivity index (χ2v) is 2.64. The molecule has 0 atom stereocenters. The third-order valence-electron chi connectivity index (χ3n) is 1.51. The number of amides is 1. The molecule has 0 saturated heterocycles. The third kappa shape index (κ3) is 5.94. The van der Waals surface area contributed by atoms with E-state index in [4.69, 9.17) is 0 Å². The van der Waals surface area contributed by atoms with Gasteiger partial charge < -0.3 is 10.1 Å². The fourth-order valence-electron chi connectivity index (χ4n) is 0.747. The van der Waals surface area contributed by atoms with Crippen molar-refractivity contribution in [1.82, 2.24) is 5.32 Å². The van der Waals surface area contributed by atoms with Crippen molar-refractivity contribution < 1.29 is 9.59 Å². The van der Waals surface area contributed by atoms with Crippen molar-refractivity contribution in [3.8, 4) is 0 Å². The van der Waals surface area contributed by atoms with Crippen LogP contribution in [0.5, 0.6) is 0 Å². The largest absolute Gasteiger partial charge is 0.355 e. The first-order valence-electron chi connectivity index (χ1n) is 4.40. The molecule has 0 aromatic rings. The number of hydrogen-bond acceptors (Lipinski definition) is 2. The van der Waals surface area contributed by atoms with Gasteiger partial charge in [0.05, 0.1) is 0 Å². The molecule has 1 N–H and O–H groups in total. The lowest BCUT2D eigenvalue weighted by molar-refractivity contribution is -0.116. The molecule has 0 aromatic carbocycles. The van der Waals surface area contributed by atoms with Crippen molar-refractivity contribution in [3.05, 3.63) is 36.5 Å². The van der Waals surface area contributed by atoms with E-state index in [-0.39, 0.29) is 5.91 Å². The van der Waals surface area contributed by atoms with Gasteiger partial charge in [-0.1, -0.05) is 30.9 Å². The lowest BCUT2D eigenvalue weighted by Crippen LogP contribution is -2.18. The number of carbonyl (C=O) groups is 2. The van der Waals surface area contributed by atoms with E-state index in [0.717, 1.165) is 12.7 Å². The maximum atomic E-state index is 10.9. The van der Waals surface area contributed by atoms with Gasteiger partial charge in [-0.2, -0.15) is 0 Å². The topological polar surface area (TPSA) is 46.2 Å². The Morgan fingerprint density at radius 2 is 2.07 bits per heavy atom. The minimum absolute atomic E-state index is 0.192. The fraction of sp³-hybridized carbons (Fsp3) is 0.273. The Morgan fingerprint density at radius 3 is 2.64 bits per heavy atom. The van der Waals surface area contributed by atoms with Crippen LogP contribution in [0.15, 0.2) is 36.5 Å². The maximum absolute atomic E-state index is 10.9. The van der Waals surface area contributed by atoms with E-state index in [1.54, 1.807) is 25.3 Å². The highest BCUT2D eigenvalue weighted by atomic mass is 16.1. The zero-order chi connectivity index (χ0) is 10.8. The standard InChI is InChI=1S/C11H15NO2/c1-10(11(14)12-2)8-6-4-3-5-7-9-13/h3-4,6,8-9H,1,5,7H2,2H3,(H,12,14)/b4-3-,8-6-. The molecule has 1 amide bonds. The van der Waals surface area contributed by atoms with E-state index in [1.165, 1.54) is 0 Å². The summed E-state index contributed by atoms with van der Waals surface area (Å²) in [5, 5.41) is 2.47. The molecule has 0 aliphatic rings. The molecule has 0 aliphatic carbocycles. The maximum Gasteiger partial charge on any atom is 0.250 e. The summed E-state index contributed by atoms with van der Waals surface area (Å²) in [7, 11) is 1.56. The first-order valence-corrected chi connectivity index (χ1v) is 4.40. The Morgan fingerprint density at radius 1 is 1.36 bits per heavy atom. The number of allylic oxidation sites excluding steroid dienone is 3. The highest BCUT2D eigenvalue weighted by molar-refractivity contribution is 5.95. The van der Waals surface area contributed by atoms with Gasteiger partial charge in [-0.3, -0.25) is 4.79 Å². The highest BCUT2D eigenvalue weighted by Gasteiger charge is 1.96. The average molecular weight is 193 g/mol. The van der Waals surface area contributed by atoms with Crippen LogP contribution in [0.1, 0.15) is 12.8 Å². The predicted molar refractivity (Wildman–Crippen MR) is 56.8 cm³/mol. The molecule has 3 nitrogen and oxygen atoms in total. The Balaban J connectivity index is 3.82. The molecule has 0 bridgehead atoms. The predicted octanol–water partition coefficient (Wildman–Crippen LogP) is 1.38. The molecule has 0 heterocycles. The van der Waals surface area contributed by atoms with Crippen LogP contribution in [0, 0.1) is 0 Å². The van der Waals surface area contributed by atoms with Crippen molar-refractivity contribution >= 4 is 12.2 Å². The summed E-state index contributed by atoms with van der Waals surface area (Å²) in [6, 6.07) is 0. The van der Waals surface area contributed by atoms with Gasteiger partial charge in [-0.15, -0.1) is 0 Å². The second kappa shape index (κ2) is 7.98. The van der Waals surface area contributed by atoms with E-state index >= 15 is 0 Å². The van der Waals surface area contributed by atoms with Gasteiger partial charge in [0.15, 0.2) is 0 Å². The van der Waals surface area contributed by atoms with Crippen LogP contribution < -0.4 is 5.32 Å². The number of rotatable bonds is 6. The highest BCUT2D eigenvalue weighted by Crippen LogP contribution is 1.94. The zero-order valence-corrected chi connectivity index (χ0v) is 8.32. The quantitative estimate of drug-likeness (QED) is 0.300. The first-order chi connectivity index (χ1) is 6.72. The van der Waals surface area contributed by atoms with E-state index in [0.29, 0.717) is 12.0 Å². The van der Waals surface area contributed by atoms with Gasteiger partial charge in [0.25, 0.3) is 0 Å². The summed E-state index contributed by atoms with van der Waals surface area (Å²) in [4.78, 5) is 20.9. The second-order valence-electron chi connectivity index (χ2n) is 2.64. The van der Waals surface area contributed by atoms with E-state index in [9.17, 15) is 9.59 Å². The van der Waals surface area contributed by atoms with Gasteiger partial charge in [-0.05, 0) is 6.42 Å². The van der Waals surface area contributed by atoms with Gasteiger partial charge in [-0.25, -0.2) is 0 Å². The number of likely N-dealkylation sites (N-methyl/N-ethyl adjacent to an activating group) is 1. The Labute approximate surface area is 84.2 Å². The molecule has 76 valence electrons. The van der Waals surface area contributed by atoms with Crippen LogP contribution in [0.25, 0.3) is 0 Å². The number of carbonyl (C=O) groups excluding carboxylic acids is 2. The molecule has 0 radical (unpaired) electrons. The summed E-state index contributed by atoms with van der Waals surface area (Å²) in [6.07, 6.45) is 9.12. The number of nitrogens with one attached hydrogen (secondary N) is 1. The molecule has 0 unspecified atom stereocenters. The molecule has 0 saturated carbocycles. The summed E-state index contributed by atoms with van der Waals surface area (Å²) in [5.41, 5.74) is 0.410. The van der Waals surface area contributed by atoms with Gasteiger partial charge in [0.1, 0.15) is 6.29 Å². The smallest absolute Gasteiger partial charge is 0.250 e. The molecule has 0 aromatic heterocycles. The normalized spacial score (nSPS) is 10.6. The van der Waals surface area contributed by atoms with Crippen LogP contribution >= 0.6 is 0 Å². The summed E-state index contributed by atoms with van der Waals surface area (Å²) < 4.78 is 0. The molecule has 0 aliphatic heterocycles. The fourth-order valence-corrected chi connectivity index (χ4v) is 0.747. The SMILES string of the molecule is C=C(/C=C\C=C/CCC=O)C(=O)NC. The number of unbranched alkanes of at least 4 members (excludes halogenated alkanes) is 1. The van der Waals surface area contributed by atoms with Crippen LogP contribution in [-0.2, 0) is 9.59 Å². The van der Waals surface area contributed by atoms with Crippen LogP contribution in [0.4, 0.5) is 0 Å². The molecule has 14 heavy (non-hydrogen) atoms. The summed E-state index contributed by atoms with van der Waals surface area (Å²) in [6.45, 7) is 3.57. The first kappa shape index (κ1) is 12.4. The monoisotopic (exact) mass is 193 g/mol. The molecular weight excluding hydrogens is 178 g/mol. The number of aldehydes is 1. The van der Waals surface area contributed by atoms with E-state index in [2.05, 4.69) is 11.9 Å². The van der Waals surface area contributed by atoms with Crippen LogP contribution in [0.2, 0.25) is 0 Å². The Bertz CT molecular complexity index is 264. The lowest BCUT2D eigenvalue weighted by atomic mass is 10.2. The van der Waals surface area contributed by atoms with Crippen molar-refractivity contribution in [1.29, 1.82) is 0 Å². The summed E-state index contributed by atoms with van der Waals surface area (Å²) >= 11 is 0. The van der Waals surface area contributed by atoms with Gasteiger partial charge >= 0.3 is 0 Å². The lowest BCUT2D eigenvalue weighted by Gasteiger charge is -1.95. The van der Waals surface area contributed by atoms with Gasteiger partial charge in [0, 0.05) is 19.0 Å². The van der Waals surface area contributed by atoms with Crippen LogP contribution in [-0.4, -0.2) is 19.2 Å². The number of hydrogen-bond donors (Lipinski definition) is 1. The van der Waals surface area contributed by atoms with E-state index < -0.39 is 0 Å². The molecule has 0 spiro atoms. The average Bonchev–Trinajstić information content (AvgIpc) is 2.21. The Kier molecular flexibility index (Phi) is 7.05. The molecular formula is C11H15NO2. The third-order valence-corrected chi connectivity index (χ3v) is 1.51. The Hall–Kier alpha value is -1.64. The zero-order valence-electron chi connectivity index (χ0n) is 8.32. The minimum atomic E-state index is -0.192. The van der Waals surface area contributed by atoms with Crippen molar-refractivity contribution in [3.63, 3.8) is 0 Å². The van der Waals surface area contributed by atoms with E-state index in [1.807, 2.05) is 6.08 Å². The van der Waals surface area contributed by atoms with Crippen molar-refractivity contribution in [2.45, 2.75) is 12.8 Å². The van der Waals surface area contributed by atoms with Crippen LogP contribution in [0.3, 0.4) is 0 Å². The minimum Gasteiger partial charge on any atom is -0.355 e. The molecule has 3 heteroatoms. The molecule has 0 rings (SSSR count). The van der Waals surface area contributed by atoms with Gasteiger partial charge in [0.2, 0.25) is 5.91 Å². The van der Waals surface area contributed by atoms with Crippen molar-refractivity contribution in [2.75, 3.05) is 7.05 Å². The molecule has 0 fully saturated rings. The summed E-state index contributed by atoms with van der Waals surface area (Å²) in [5.74, 6) is -0.192. The van der Waals surface area contributed by atoms with Crippen molar-refractivity contribution in [2.24, 2.45) is 0 Å².